The van der Waals surface area contributed by atoms with Gasteiger partial charge in [0, 0.05) is 11.1 Å². The summed E-state index contributed by atoms with van der Waals surface area (Å²) in [6, 6.07) is 24.9. The molecule has 47 heavy (non-hydrogen) atoms. The highest BCUT2D eigenvalue weighted by Gasteiger charge is 2.41. The third-order valence-electron chi connectivity index (χ3n) is 11.3. The van der Waals surface area contributed by atoms with Gasteiger partial charge in [0.05, 0.1) is 0 Å². The topological polar surface area (TPSA) is 43.4 Å². The number of carbonyl (C=O) groups excluding carboxylic acids is 2. The van der Waals surface area contributed by atoms with Crippen LogP contribution in [0.1, 0.15) is 146 Å². The predicted molar refractivity (Wildman–Crippen MR) is 193 cm³/mol. The maximum absolute atomic E-state index is 12.0. The molecule has 6 rings (SSSR count). The maximum atomic E-state index is 12.0. The zero-order valence-electron chi connectivity index (χ0n) is 29.6. The maximum Gasteiger partial charge on any atom is 0.150 e. The Balaban J connectivity index is 1.52. The first-order valence-electron chi connectivity index (χ1n) is 17.2. The molecule has 244 valence electrons. The van der Waals surface area contributed by atoms with E-state index in [2.05, 4.69) is 91.8 Å². The summed E-state index contributed by atoms with van der Waals surface area (Å²) in [6.45, 7) is 18.8. The molecule has 4 aromatic carbocycles. The van der Waals surface area contributed by atoms with Gasteiger partial charge in [-0.1, -0.05) is 104 Å². The Morgan fingerprint density at radius 2 is 0.872 bits per heavy atom. The van der Waals surface area contributed by atoms with E-state index in [4.69, 9.17) is 4.74 Å². The molecule has 3 heteroatoms. The van der Waals surface area contributed by atoms with E-state index in [-0.39, 0.29) is 21.7 Å². The van der Waals surface area contributed by atoms with Crippen molar-refractivity contribution in [2.75, 3.05) is 0 Å². The Morgan fingerprint density at radius 3 is 1.26 bits per heavy atom. The highest BCUT2D eigenvalue weighted by Crippen LogP contribution is 2.51. The average molecular weight is 627 g/mol. The van der Waals surface area contributed by atoms with Gasteiger partial charge in [0.15, 0.2) is 0 Å². The number of fused-ring (bicyclic) bond motifs is 2. The van der Waals surface area contributed by atoms with Crippen molar-refractivity contribution < 1.29 is 14.3 Å². The number of rotatable bonds is 8. The number of ether oxygens (including phenoxy) is 1. The molecule has 0 amide bonds. The van der Waals surface area contributed by atoms with Crippen LogP contribution in [0.3, 0.4) is 0 Å². The summed E-state index contributed by atoms with van der Waals surface area (Å²) >= 11 is 0. The fraction of sp³-hybridized carbons (Fsp3) is 0.409. The summed E-state index contributed by atoms with van der Waals surface area (Å²) in [5.74, 6) is 1.67. The lowest BCUT2D eigenvalue weighted by atomic mass is 9.61. The molecule has 2 aliphatic rings. The Morgan fingerprint density at radius 1 is 0.511 bits per heavy atom. The molecule has 0 aromatic heterocycles. The van der Waals surface area contributed by atoms with Gasteiger partial charge in [-0.25, -0.2) is 0 Å². The summed E-state index contributed by atoms with van der Waals surface area (Å²) in [5, 5.41) is 0. The molecule has 0 N–H and O–H groups in total. The van der Waals surface area contributed by atoms with E-state index in [0.29, 0.717) is 12.8 Å². The molecule has 3 nitrogen and oxygen atoms in total. The number of hydrogen-bond donors (Lipinski definition) is 0. The van der Waals surface area contributed by atoms with E-state index in [9.17, 15) is 9.59 Å². The van der Waals surface area contributed by atoms with Gasteiger partial charge >= 0.3 is 0 Å². The Labute approximate surface area is 281 Å². The minimum Gasteiger partial charge on any atom is -0.457 e. The van der Waals surface area contributed by atoms with Crippen LogP contribution >= 0.6 is 0 Å². The highest BCUT2D eigenvalue weighted by atomic mass is 16.5. The van der Waals surface area contributed by atoms with Gasteiger partial charge in [-0.2, -0.15) is 0 Å². The molecule has 2 aliphatic carbocycles. The van der Waals surface area contributed by atoms with E-state index in [1.165, 1.54) is 33.4 Å². The first-order valence-corrected chi connectivity index (χ1v) is 17.2. The molecule has 0 spiro atoms. The van der Waals surface area contributed by atoms with Crippen LogP contribution in [0.25, 0.3) is 0 Å². The van der Waals surface area contributed by atoms with Crippen LogP contribution in [0.15, 0.2) is 72.8 Å². The zero-order chi connectivity index (χ0) is 33.8. The average Bonchev–Trinajstić information content (AvgIpc) is 3.02. The number of aldehydes is 2. The molecule has 0 heterocycles. The van der Waals surface area contributed by atoms with Gasteiger partial charge in [0.1, 0.15) is 24.1 Å². The molecular weight excluding hydrogens is 576 g/mol. The second kappa shape index (κ2) is 11.9. The highest BCUT2D eigenvalue weighted by molar-refractivity contribution is 5.78. The van der Waals surface area contributed by atoms with E-state index in [1.807, 2.05) is 36.4 Å². The summed E-state index contributed by atoms with van der Waals surface area (Å²) < 4.78 is 6.96. The van der Waals surface area contributed by atoms with Gasteiger partial charge in [-0.15, -0.1) is 0 Å². The molecule has 0 saturated heterocycles. The summed E-state index contributed by atoms with van der Waals surface area (Å²) in [7, 11) is 0. The lowest BCUT2D eigenvalue weighted by Gasteiger charge is -2.44. The first kappa shape index (κ1) is 32.9. The van der Waals surface area contributed by atoms with Crippen molar-refractivity contribution in [3.63, 3.8) is 0 Å². The minimum atomic E-state index is -0.00524. The summed E-state index contributed by atoms with van der Waals surface area (Å²) in [5.41, 5.74) is 11.5. The summed E-state index contributed by atoms with van der Waals surface area (Å²) in [4.78, 5) is 24.0. The molecule has 0 radical (unpaired) electrons. The minimum absolute atomic E-state index is 0.00524. The van der Waals surface area contributed by atoms with Gasteiger partial charge in [-0.3, -0.25) is 9.59 Å². The molecule has 0 bridgehead atoms. The number of benzene rings is 4. The van der Waals surface area contributed by atoms with Gasteiger partial charge < -0.3 is 4.74 Å². The first-order chi connectivity index (χ1) is 22.1. The lowest BCUT2D eigenvalue weighted by Crippen LogP contribution is -2.35. The van der Waals surface area contributed by atoms with Crippen molar-refractivity contribution in [3.8, 4) is 11.5 Å². The van der Waals surface area contributed by atoms with Crippen LogP contribution in [0.2, 0.25) is 0 Å². The molecule has 4 aromatic rings. The molecule has 0 saturated carbocycles. The van der Waals surface area contributed by atoms with E-state index < -0.39 is 0 Å². The fourth-order valence-corrected chi connectivity index (χ4v) is 8.34. The smallest absolute Gasteiger partial charge is 0.150 e. The molecular formula is C44H50O3. The van der Waals surface area contributed by atoms with Crippen molar-refractivity contribution in [2.45, 2.75) is 116 Å². The van der Waals surface area contributed by atoms with Crippen molar-refractivity contribution in [2.24, 2.45) is 0 Å². The van der Waals surface area contributed by atoms with E-state index in [0.717, 1.165) is 72.0 Å². The zero-order valence-corrected chi connectivity index (χ0v) is 29.6. The van der Waals surface area contributed by atoms with E-state index in [1.54, 1.807) is 0 Å². The SMILES string of the molecule is CC1(C)CCC(C)(C)c2c(Cc3ccccc3C=O)cc(Oc3cc(Cc4ccccc4C=O)c4c(c3)C(C)(C)CCC4(C)C)cc21. The Kier molecular flexibility index (Phi) is 8.35. The summed E-state index contributed by atoms with van der Waals surface area (Å²) in [6.07, 6.45) is 7.70. The van der Waals surface area contributed by atoms with Crippen molar-refractivity contribution in [1.29, 1.82) is 0 Å². The normalized spacial score (nSPS) is 18.5. The predicted octanol–water partition coefficient (Wildman–Crippen LogP) is 11.0. The largest absolute Gasteiger partial charge is 0.457 e. The number of carbonyl (C=O) groups is 2. The van der Waals surface area contributed by atoms with Crippen LogP contribution in [0, 0.1) is 0 Å². The van der Waals surface area contributed by atoms with Crippen LogP contribution in [-0.2, 0) is 34.5 Å². The van der Waals surface area contributed by atoms with Gasteiger partial charge in [-0.05, 0) is 129 Å². The molecule has 0 fully saturated rings. The van der Waals surface area contributed by atoms with Crippen molar-refractivity contribution in [3.05, 3.63) is 128 Å². The molecule has 0 unspecified atom stereocenters. The fourth-order valence-electron chi connectivity index (χ4n) is 8.34. The quantitative estimate of drug-likeness (QED) is 0.183. The van der Waals surface area contributed by atoms with E-state index >= 15 is 0 Å². The second-order valence-electron chi connectivity index (χ2n) is 16.6. The van der Waals surface area contributed by atoms with Gasteiger partial charge in [0.25, 0.3) is 0 Å². The monoisotopic (exact) mass is 626 g/mol. The van der Waals surface area contributed by atoms with Crippen molar-refractivity contribution >= 4 is 12.6 Å². The molecule has 0 atom stereocenters. The van der Waals surface area contributed by atoms with Gasteiger partial charge in [0.2, 0.25) is 0 Å². The third kappa shape index (κ3) is 6.22. The van der Waals surface area contributed by atoms with Crippen LogP contribution in [-0.4, -0.2) is 12.6 Å². The second-order valence-corrected chi connectivity index (χ2v) is 16.6. The number of hydrogen-bond acceptors (Lipinski definition) is 3. The molecule has 0 aliphatic heterocycles. The Bertz CT molecular complexity index is 1720. The van der Waals surface area contributed by atoms with Crippen LogP contribution in [0.4, 0.5) is 0 Å². The van der Waals surface area contributed by atoms with Crippen LogP contribution < -0.4 is 4.74 Å². The standard InChI is InChI=1S/C44H50O3/c1-41(2)17-19-43(5,6)39-33(21-29-13-9-11-15-31(29)27-45)23-35(25-37(39)41)47-36-24-34(22-30-14-10-12-16-32(30)28-46)40-38(26-36)42(3,4)18-20-44(40,7)8/h9-16,23-28H,17-22H2,1-8H3. The van der Waals surface area contributed by atoms with Crippen molar-refractivity contribution in [1.82, 2.24) is 0 Å². The Hall–Kier alpha value is -3.98. The lowest BCUT2D eigenvalue weighted by molar-refractivity contribution is 0.111. The van der Waals surface area contributed by atoms with Crippen LogP contribution in [0.5, 0.6) is 11.5 Å². The third-order valence-corrected chi connectivity index (χ3v) is 11.3.